The molecule has 0 unspecified atom stereocenters. The van der Waals surface area contributed by atoms with E-state index in [-0.39, 0.29) is 5.75 Å². The molecule has 0 aliphatic rings. The van der Waals surface area contributed by atoms with Crippen LogP contribution in [0.4, 0.5) is 5.69 Å². The van der Waals surface area contributed by atoms with Crippen LogP contribution in [0.2, 0.25) is 0 Å². The van der Waals surface area contributed by atoms with Crippen molar-refractivity contribution in [2.45, 2.75) is 27.2 Å². The molecule has 0 fully saturated rings. The molecule has 0 saturated heterocycles. The van der Waals surface area contributed by atoms with Crippen molar-refractivity contribution in [3.63, 3.8) is 0 Å². The van der Waals surface area contributed by atoms with Crippen LogP contribution in [0.1, 0.15) is 25.8 Å². The van der Waals surface area contributed by atoms with Crippen LogP contribution in [0, 0.1) is 12.8 Å². The number of sulfonamides is 1. The smallest absolute Gasteiger partial charge is 0.232 e. The van der Waals surface area contributed by atoms with E-state index in [4.69, 9.17) is 0 Å². The van der Waals surface area contributed by atoms with E-state index in [2.05, 4.69) is 20.7 Å². The lowest BCUT2D eigenvalue weighted by Crippen LogP contribution is -2.18. The quantitative estimate of drug-likeness (QED) is 0.902. The summed E-state index contributed by atoms with van der Waals surface area (Å²) in [5, 5.41) is 0. The van der Waals surface area contributed by atoms with Crippen LogP contribution in [-0.2, 0) is 10.0 Å². The van der Waals surface area contributed by atoms with Crippen molar-refractivity contribution in [2.75, 3.05) is 10.5 Å². The summed E-state index contributed by atoms with van der Waals surface area (Å²) in [6.45, 7) is 5.91. The van der Waals surface area contributed by atoms with Crippen LogP contribution in [0.15, 0.2) is 22.7 Å². The minimum Gasteiger partial charge on any atom is -0.283 e. The second kappa shape index (κ2) is 5.87. The van der Waals surface area contributed by atoms with Gasteiger partial charge in [0.2, 0.25) is 10.0 Å². The summed E-state index contributed by atoms with van der Waals surface area (Å²) in [6.07, 6.45) is 0.669. The van der Waals surface area contributed by atoms with Crippen molar-refractivity contribution >= 4 is 31.6 Å². The van der Waals surface area contributed by atoms with Crippen molar-refractivity contribution in [1.29, 1.82) is 0 Å². The predicted molar refractivity (Wildman–Crippen MR) is 75.7 cm³/mol. The van der Waals surface area contributed by atoms with Gasteiger partial charge in [0.1, 0.15) is 0 Å². The van der Waals surface area contributed by atoms with Gasteiger partial charge in [0, 0.05) is 4.47 Å². The molecule has 0 saturated carbocycles. The molecule has 1 aromatic carbocycles. The molecule has 0 amide bonds. The van der Waals surface area contributed by atoms with Crippen molar-refractivity contribution in [3.05, 3.63) is 28.2 Å². The fourth-order valence-electron chi connectivity index (χ4n) is 1.31. The molecule has 0 aliphatic carbocycles. The van der Waals surface area contributed by atoms with E-state index in [1.54, 1.807) is 6.07 Å². The fourth-order valence-corrected chi connectivity index (χ4v) is 3.11. The lowest BCUT2D eigenvalue weighted by Gasteiger charge is -2.11. The summed E-state index contributed by atoms with van der Waals surface area (Å²) in [5.74, 6) is 0.548. The molecule has 3 nitrogen and oxygen atoms in total. The van der Waals surface area contributed by atoms with Crippen LogP contribution >= 0.6 is 15.9 Å². The third-order valence-corrected chi connectivity index (χ3v) is 4.23. The molecule has 1 N–H and O–H groups in total. The first-order valence-electron chi connectivity index (χ1n) is 5.57. The minimum atomic E-state index is -3.24. The van der Waals surface area contributed by atoms with Crippen molar-refractivity contribution < 1.29 is 8.42 Å². The van der Waals surface area contributed by atoms with Crippen LogP contribution < -0.4 is 4.72 Å². The van der Waals surface area contributed by atoms with Crippen LogP contribution in [0.3, 0.4) is 0 Å². The lowest BCUT2D eigenvalue weighted by molar-refractivity contribution is 0.578. The van der Waals surface area contributed by atoms with E-state index in [0.29, 0.717) is 18.0 Å². The molecule has 0 spiro atoms. The maximum Gasteiger partial charge on any atom is 0.232 e. The highest BCUT2D eigenvalue weighted by Crippen LogP contribution is 2.22. The number of rotatable bonds is 5. The van der Waals surface area contributed by atoms with Gasteiger partial charge in [-0.3, -0.25) is 4.72 Å². The highest BCUT2D eigenvalue weighted by molar-refractivity contribution is 9.10. The largest absolute Gasteiger partial charge is 0.283 e. The molecule has 96 valence electrons. The number of hydrogen-bond acceptors (Lipinski definition) is 2. The summed E-state index contributed by atoms with van der Waals surface area (Å²) in [5.41, 5.74) is 1.56. The van der Waals surface area contributed by atoms with Crippen molar-refractivity contribution in [3.8, 4) is 0 Å². The van der Waals surface area contributed by atoms with Gasteiger partial charge in [0.15, 0.2) is 0 Å². The Morgan fingerprint density at radius 1 is 1.35 bits per heavy atom. The Morgan fingerprint density at radius 3 is 2.59 bits per heavy atom. The van der Waals surface area contributed by atoms with Gasteiger partial charge in [-0.15, -0.1) is 0 Å². The van der Waals surface area contributed by atoms with E-state index < -0.39 is 10.0 Å². The summed E-state index contributed by atoms with van der Waals surface area (Å²) in [6, 6.07) is 5.55. The Morgan fingerprint density at radius 2 is 2.00 bits per heavy atom. The molecule has 5 heteroatoms. The number of benzene rings is 1. The average Bonchev–Trinajstić information content (AvgIpc) is 2.20. The summed E-state index contributed by atoms with van der Waals surface area (Å²) in [4.78, 5) is 0. The number of hydrogen-bond donors (Lipinski definition) is 1. The highest BCUT2D eigenvalue weighted by atomic mass is 79.9. The Labute approximate surface area is 112 Å². The third kappa shape index (κ3) is 5.08. The second-order valence-electron chi connectivity index (χ2n) is 4.56. The standard InChI is InChI=1S/C12H18BrNO2S/c1-9(2)6-7-17(15,16)14-12-8-11(13)5-4-10(12)3/h4-5,8-9,14H,6-7H2,1-3H3. The monoisotopic (exact) mass is 319 g/mol. The number of halogens is 1. The van der Waals surface area contributed by atoms with Gasteiger partial charge in [-0.1, -0.05) is 35.8 Å². The maximum atomic E-state index is 11.8. The van der Waals surface area contributed by atoms with E-state index in [1.807, 2.05) is 32.9 Å². The van der Waals surface area contributed by atoms with Gasteiger partial charge < -0.3 is 0 Å². The van der Waals surface area contributed by atoms with E-state index in [1.165, 1.54) is 0 Å². The summed E-state index contributed by atoms with van der Waals surface area (Å²) in [7, 11) is -3.24. The molecule has 0 atom stereocenters. The van der Waals surface area contributed by atoms with Gasteiger partial charge >= 0.3 is 0 Å². The van der Waals surface area contributed by atoms with E-state index in [9.17, 15) is 8.42 Å². The summed E-state index contributed by atoms with van der Waals surface area (Å²) < 4.78 is 27.2. The average molecular weight is 320 g/mol. The Hall–Kier alpha value is -0.550. The lowest BCUT2D eigenvalue weighted by atomic mass is 10.2. The van der Waals surface area contributed by atoms with Gasteiger partial charge in [0.25, 0.3) is 0 Å². The van der Waals surface area contributed by atoms with E-state index in [0.717, 1.165) is 10.0 Å². The second-order valence-corrected chi connectivity index (χ2v) is 7.32. The van der Waals surface area contributed by atoms with Gasteiger partial charge in [-0.25, -0.2) is 8.42 Å². The van der Waals surface area contributed by atoms with Crippen molar-refractivity contribution in [2.24, 2.45) is 5.92 Å². The first kappa shape index (κ1) is 14.5. The fraction of sp³-hybridized carbons (Fsp3) is 0.500. The molecular formula is C12H18BrNO2S. The highest BCUT2D eigenvalue weighted by Gasteiger charge is 2.12. The number of nitrogens with one attached hydrogen (secondary N) is 1. The van der Waals surface area contributed by atoms with E-state index >= 15 is 0 Å². The van der Waals surface area contributed by atoms with Crippen molar-refractivity contribution in [1.82, 2.24) is 0 Å². The van der Waals surface area contributed by atoms with Gasteiger partial charge in [-0.2, -0.15) is 0 Å². The molecule has 0 heterocycles. The SMILES string of the molecule is Cc1ccc(Br)cc1NS(=O)(=O)CCC(C)C. The Bertz CT molecular complexity index is 483. The Balaban J connectivity index is 2.79. The topological polar surface area (TPSA) is 46.2 Å². The molecule has 0 aliphatic heterocycles. The van der Waals surface area contributed by atoms with Gasteiger partial charge in [0.05, 0.1) is 11.4 Å². The third-order valence-electron chi connectivity index (χ3n) is 2.43. The summed E-state index contributed by atoms with van der Waals surface area (Å²) >= 11 is 3.33. The van der Waals surface area contributed by atoms with Crippen LogP contribution in [0.5, 0.6) is 0 Å². The number of anilines is 1. The normalized spacial score (nSPS) is 11.8. The maximum absolute atomic E-state index is 11.8. The van der Waals surface area contributed by atoms with Crippen LogP contribution in [0.25, 0.3) is 0 Å². The molecule has 0 aromatic heterocycles. The zero-order chi connectivity index (χ0) is 13.1. The zero-order valence-electron chi connectivity index (χ0n) is 10.3. The Kier molecular flexibility index (Phi) is 5.01. The molecule has 17 heavy (non-hydrogen) atoms. The molecular weight excluding hydrogens is 302 g/mol. The molecule has 1 aromatic rings. The molecule has 1 rings (SSSR count). The first-order valence-corrected chi connectivity index (χ1v) is 8.01. The predicted octanol–water partition coefficient (Wildman–Crippen LogP) is 3.55. The minimum absolute atomic E-state index is 0.163. The number of aryl methyl sites for hydroxylation is 1. The molecule has 0 bridgehead atoms. The van der Waals surface area contributed by atoms with Gasteiger partial charge in [-0.05, 0) is 37.0 Å². The molecule has 0 radical (unpaired) electrons. The van der Waals surface area contributed by atoms with Crippen LogP contribution in [-0.4, -0.2) is 14.2 Å². The zero-order valence-corrected chi connectivity index (χ0v) is 12.7. The first-order chi connectivity index (χ1) is 7.80.